The van der Waals surface area contributed by atoms with Crippen molar-refractivity contribution in [3.8, 4) is 0 Å². The largest absolute Gasteiger partial charge is 0.384 e. The molecule has 2 aromatic rings. The highest BCUT2D eigenvalue weighted by Gasteiger charge is 2.06. The van der Waals surface area contributed by atoms with Gasteiger partial charge in [-0.1, -0.05) is 23.2 Å². The Hall–Kier alpha value is -1.56. The first-order valence-corrected chi connectivity index (χ1v) is 6.77. The summed E-state index contributed by atoms with van der Waals surface area (Å²) in [6.45, 7) is 2.80. The van der Waals surface area contributed by atoms with Gasteiger partial charge in [-0.25, -0.2) is 9.97 Å². The lowest BCUT2D eigenvalue weighted by Gasteiger charge is -2.10. The molecule has 0 radical (unpaired) electrons. The Balaban J connectivity index is 2.21. The Morgan fingerprint density at radius 3 is 2.75 bits per heavy atom. The summed E-state index contributed by atoms with van der Waals surface area (Å²) in [5.74, 6) is 1.43. The minimum atomic E-state index is 0.310. The van der Waals surface area contributed by atoms with Crippen molar-refractivity contribution in [1.82, 2.24) is 9.97 Å². The topological polar surface area (TPSA) is 73.1 Å². The van der Waals surface area contributed by atoms with Crippen molar-refractivity contribution in [2.45, 2.75) is 13.5 Å². The summed E-state index contributed by atoms with van der Waals surface area (Å²) in [7, 11) is 0. The minimum absolute atomic E-state index is 0.310. The van der Waals surface area contributed by atoms with E-state index in [2.05, 4.69) is 15.3 Å². The molecule has 0 aliphatic carbocycles. The molecule has 0 fully saturated rings. The minimum Gasteiger partial charge on any atom is -0.384 e. The van der Waals surface area contributed by atoms with Gasteiger partial charge in [0.1, 0.15) is 18.2 Å². The van der Waals surface area contributed by atoms with Gasteiger partial charge in [-0.05, 0) is 25.1 Å². The first-order chi connectivity index (χ1) is 9.58. The number of nitrogen functional groups attached to an aromatic ring is 1. The average Bonchev–Trinajstić information content (AvgIpc) is 2.39. The van der Waals surface area contributed by atoms with Crippen LogP contribution in [0.1, 0.15) is 12.7 Å². The van der Waals surface area contributed by atoms with Gasteiger partial charge in [-0.2, -0.15) is 0 Å². The molecule has 5 nitrogen and oxygen atoms in total. The van der Waals surface area contributed by atoms with Crippen LogP contribution in [-0.2, 0) is 11.3 Å². The Morgan fingerprint density at radius 2 is 2.05 bits per heavy atom. The highest BCUT2D eigenvalue weighted by molar-refractivity contribution is 6.36. The van der Waals surface area contributed by atoms with Crippen molar-refractivity contribution < 1.29 is 4.74 Å². The number of hydrogen-bond acceptors (Lipinski definition) is 5. The SMILES string of the molecule is CCOCc1nc(N)cc(Nc2ccc(Cl)cc2Cl)n1. The first-order valence-electron chi connectivity index (χ1n) is 6.01. The quantitative estimate of drug-likeness (QED) is 0.881. The molecule has 106 valence electrons. The predicted octanol–water partition coefficient (Wildman–Crippen LogP) is 3.65. The van der Waals surface area contributed by atoms with Gasteiger partial charge in [0, 0.05) is 17.7 Å². The van der Waals surface area contributed by atoms with Crippen molar-refractivity contribution in [1.29, 1.82) is 0 Å². The first kappa shape index (κ1) is 14.8. The summed E-state index contributed by atoms with van der Waals surface area (Å²) < 4.78 is 5.27. The van der Waals surface area contributed by atoms with Crippen LogP contribution in [0.2, 0.25) is 10.0 Å². The number of nitrogens with two attached hydrogens (primary N) is 1. The molecule has 0 bridgehead atoms. The van der Waals surface area contributed by atoms with Crippen LogP contribution in [0.5, 0.6) is 0 Å². The monoisotopic (exact) mass is 312 g/mol. The number of anilines is 3. The standard InChI is InChI=1S/C13H14Cl2N4O/c1-2-20-7-13-18-11(16)6-12(19-13)17-10-4-3-8(14)5-9(10)15/h3-6H,2,7H2,1H3,(H3,16,17,18,19). The molecule has 1 aromatic carbocycles. The Kier molecular flexibility index (Phi) is 5.00. The van der Waals surface area contributed by atoms with Gasteiger partial charge in [0.2, 0.25) is 0 Å². The van der Waals surface area contributed by atoms with Crippen molar-refractivity contribution in [3.05, 3.63) is 40.1 Å². The van der Waals surface area contributed by atoms with Crippen molar-refractivity contribution in [2.24, 2.45) is 0 Å². The lowest BCUT2D eigenvalue weighted by molar-refractivity contribution is 0.128. The third kappa shape index (κ3) is 3.96. The van der Waals surface area contributed by atoms with Crippen LogP contribution < -0.4 is 11.1 Å². The average molecular weight is 313 g/mol. The van der Waals surface area contributed by atoms with Crippen LogP contribution >= 0.6 is 23.2 Å². The molecule has 0 spiro atoms. The number of rotatable bonds is 5. The van der Waals surface area contributed by atoms with Crippen LogP contribution in [0.3, 0.4) is 0 Å². The van der Waals surface area contributed by atoms with Gasteiger partial charge in [0.15, 0.2) is 5.82 Å². The third-order valence-electron chi connectivity index (χ3n) is 2.42. The number of ether oxygens (including phenoxy) is 1. The third-order valence-corrected chi connectivity index (χ3v) is 2.97. The fourth-order valence-electron chi connectivity index (χ4n) is 1.57. The molecule has 20 heavy (non-hydrogen) atoms. The molecular formula is C13H14Cl2N4O. The zero-order valence-electron chi connectivity index (χ0n) is 10.9. The maximum atomic E-state index is 6.10. The number of benzene rings is 1. The maximum absolute atomic E-state index is 6.10. The van der Waals surface area contributed by atoms with E-state index in [1.54, 1.807) is 24.3 Å². The van der Waals surface area contributed by atoms with Gasteiger partial charge in [0.25, 0.3) is 0 Å². The van der Waals surface area contributed by atoms with Crippen LogP contribution in [-0.4, -0.2) is 16.6 Å². The fourth-order valence-corrected chi connectivity index (χ4v) is 2.02. The summed E-state index contributed by atoms with van der Waals surface area (Å²) in [5.41, 5.74) is 6.44. The van der Waals surface area contributed by atoms with E-state index in [1.165, 1.54) is 0 Å². The highest BCUT2D eigenvalue weighted by Crippen LogP contribution is 2.28. The molecule has 7 heteroatoms. The van der Waals surface area contributed by atoms with Crippen LogP contribution in [0, 0.1) is 0 Å². The summed E-state index contributed by atoms with van der Waals surface area (Å²) in [6, 6.07) is 6.78. The number of aromatic nitrogens is 2. The second-order valence-electron chi connectivity index (χ2n) is 3.98. The van der Waals surface area contributed by atoms with Gasteiger partial charge in [-0.15, -0.1) is 0 Å². The van der Waals surface area contributed by atoms with E-state index in [0.717, 1.165) is 0 Å². The smallest absolute Gasteiger partial charge is 0.158 e. The summed E-state index contributed by atoms with van der Waals surface area (Å²) >= 11 is 11.9. The molecule has 0 aliphatic heterocycles. The van der Waals surface area contributed by atoms with E-state index in [9.17, 15) is 0 Å². The Labute approximate surface area is 127 Å². The normalized spacial score (nSPS) is 10.6. The second kappa shape index (κ2) is 6.74. The summed E-state index contributed by atoms with van der Waals surface area (Å²) in [5, 5.41) is 4.15. The Morgan fingerprint density at radius 1 is 1.25 bits per heavy atom. The highest BCUT2D eigenvalue weighted by atomic mass is 35.5. The van der Waals surface area contributed by atoms with Crippen LogP contribution in [0.15, 0.2) is 24.3 Å². The molecule has 1 aromatic heterocycles. The molecule has 0 amide bonds. The summed E-state index contributed by atoms with van der Waals surface area (Å²) in [4.78, 5) is 8.41. The zero-order valence-corrected chi connectivity index (χ0v) is 12.4. The summed E-state index contributed by atoms with van der Waals surface area (Å²) in [6.07, 6.45) is 0. The molecule has 2 rings (SSSR count). The van der Waals surface area contributed by atoms with Crippen LogP contribution in [0.4, 0.5) is 17.3 Å². The number of halogens is 2. The van der Waals surface area contributed by atoms with E-state index < -0.39 is 0 Å². The van der Waals surface area contributed by atoms with E-state index in [1.807, 2.05) is 6.92 Å². The molecule has 0 saturated heterocycles. The van der Waals surface area contributed by atoms with E-state index in [4.69, 9.17) is 33.7 Å². The van der Waals surface area contributed by atoms with Gasteiger partial charge in [0.05, 0.1) is 10.7 Å². The van der Waals surface area contributed by atoms with Gasteiger partial charge < -0.3 is 15.8 Å². The molecule has 0 saturated carbocycles. The molecule has 0 aliphatic rings. The number of nitrogens with zero attached hydrogens (tertiary/aromatic N) is 2. The maximum Gasteiger partial charge on any atom is 0.158 e. The van der Waals surface area contributed by atoms with Crippen molar-refractivity contribution >= 4 is 40.5 Å². The zero-order chi connectivity index (χ0) is 14.5. The fraction of sp³-hybridized carbons (Fsp3) is 0.231. The van der Waals surface area contributed by atoms with E-state index >= 15 is 0 Å². The molecule has 1 heterocycles. The molecular weight excluding hydrogens is 299 g/mol. The molecule has 3 N–H and O–H groups in total. The predicted molar refractivity (Wildman–Crippen MR) is 81.5 cm³/mol. The number of hydrogen-bond donors (Lipinski definition) is 2. The van der Waals surface area contributed by atoms with E-state index in [0.29, 0.717) is 46.4 Å². The van der Waals surface area contributed by atoms with Gasteiger partial charge >= 0.3 is 0 Å². The Bertz CT molecular complexity index is 607. The lowest BCUT2D eigenvalue weighted by Crippen LogP contribution is -2.05. The second-order valence-corrected chi connectivity index (χ2v) is 4.82. The van der Waals surface area contributed by atoms with Crippen molar-refractivity contribution in [3.63, 3.8) is 0 Å². The van der Waals surface area contributed by atoms with Gasteiger partial charge in [-0.3, -0.25) is 0 Å². The van der Waals surface area contributed by atoms with Crippen LogP contribution in [0.25, 0.3) is 0 Å². The number of nitrogens with one attached hydrogen (secondary N) is 1. The van der Waals surface area contributed by atoms with E-state index in [-0.39, 0.29) is 0 Å². The molecule has 0 atom stereocenters. The van der Waals surface area contributed by atoms with Crippen molar-refractivity contribution in [2.75, 3.05) is 17.7 Å². The molecule has 0 unspecified atom stereocenters. The lowest BCUT2D eigenvalue weighted by atomic mass is 10.3.